The van der Waals surface area contributed by atoms with E-state index in [0.717, 1.165) is 25.9 Å². The van der Waals surface area contributed by atoms with Crippen molar-refractivity contribution in [3.63, 3.8) is 0 Å². The molecule has 0 aliphatic carbocycles. The summed E-state index contributed by atoms with van der Waals surface area (Å²) in [5.74, 6) is -0.779. The number of piperidine rings is 1. The first-order chi connectivity index (χ1) is 5.68. The smallest absolute Gasteiger partial charge is 0.306 e. The molecule has 0 amide bonds. The fraction of sp³-hybridized carbons (Fsp3) is 0.875. The summed E-state index contributed by atoms with van der Waals surface area (Å²) in [6.45, 7) is 1.70. The van der Waals surface area contributed by atoms with Gasteiger partial charge in [0.15, 0.2) is 0 Å². The Kier molecular flexibility index (Phi) is 3.05. The predicted molar refractivity (Wildman–Crippen MR) is 44.1 cm³/mol. The molecule has 0 saturated carbocycles. The number of hydrogen-bond acceptors (Lipinski definition) is 3. The molecule has 70 valence electrons. The highest BCUT2D eigenvalue weighted by atomic mass is 16.5. The molecule has 4 heteroatoms. The molecule has 1 heterocycles. The molecule has 12 heavy (non-hydrogen) atoms. The first-order valence-electron chi connectivity index (χ1n) is 4.16. The van der Waals surface area contributed by atoms with Crippen LogP contribution in [0.3, 0.4) is 0 Å². The molecular formula is C8H15NO3. The lowest BCUT2D eigenvalue weighted by Crippen LogP contribution is -2.44. The van der Waals surface area contributed by atoms with Crippen molar-refractivity contribution >= 4 is 5.97 Å². The van der Waals surface area contributed by atoms with Gasteiger partial charge in [0, 0.05) is 7.11 Å². The van der Waals surface area contributed by atoms with Crippen molar-refractivity contribution in [2.45, 2.75) is 24.9 Å². The molecule has 0 radical (unpaired) electrons. The lowest BCUT2D eigenvalue weighted by molar-refractivity contribution is -0.145. The Labute approximate surface area is 71.9 Å². The van der Waals surface area contributed by atoms with Gasteiger partial charge in [-0.2, -0.15) is 0 Å². The third kappa shape index (κ3) is 2.19. The second kappa shape index (κ2) is 3.87. The maximum atomic E-state index is 10.5. The Morgan fingerprint density at radius 1 is 1.58 bits per heavy atom. The highest BCUT2D eigenvalue weighted by Crippen LogP contribution is 2.25. The lowest BCUT2D eigenvalue weighted by Gasteiger charge is -2.34. The predicted octanol–water partition coefficient (Wildman–Crippen LogP) is 0.230. The molecule has 0 atom stereocenters. The topological polar surface area (TPSA) is 58.6 Å². The fourth-order valence-corrected chi connectivity index (χ4v) is 1.61. The van der Waals surface area contributed by atoms with Gasteiger partial charge in [0.25, 0.3) is 0 Å². The third-order valence-corrected chi connectivity index (χ3v) is 2.42. The second-order valence-corrected chi connectivity index (χ2v) is 3.21. The van der Waals surface area contributed by atoms with E-state index in [2.05, 4.69) is 5.32 Å². The average molecular weight is 173 g/mol. The van der Waals surface area contributed by atoms with Crippen LogP contribution in [0.15, 0.2) is 0 Å². The van der Waals surface area contributed by atoms with E-state index in [9.17, 15) is 4.79 Å². The molecular weight excluding hydrogens is 158 g/mol. The fourth-order valence-electron chi connectivity index (χ4n) is 1.61. The van der Waals surface area contributed by atoms with Gasteiger partial charge < -0.3 is 15.2 Å². The largest absolute Gasteiger partial charge is 0.481 e. The first-order valence-corrected chi connectivity index (χ1v) is 4.16. The molecule has 0 unspecified atom stereocenters. The van der Waals surface area contributed by atoms with Crippen LogP contribution in [0.1, 0.15) is 19.3 Å². The van der Waals surface area contributed by atoms with Crippen LogP contribution in [0.4, 0.5) is 0 Å². The van der Waals surface area contributed by atoms with E-state index >= 15 is 0 Å². The van der Waals surface area contributed by atoms with E-state index in [1.165, 1.54) is 0 Å². The molecule has 0 aromatic heterocycles. The molecule has 4 nitrogen and oxygen atoms in total. The Hall–Kier alpha value is -0.610. The number of methoxy groups -OCH3 is 1. The van der Waals surface area contributed by atoms with Crippen molar-refractivity contribution in [3.8, 4) is 0 Å². The maximum absolute atomic E-state index is 10.5. The second-order valence-electron chi connectivity index (χ2n) is 3.21. The number of hydrogen-bond donors (Lipinski definition) is 2. The number of ether oxygens (including phenoxy) is 1. The Balaban J connectivity index is 2.53. The Morgan fingerprint density at radius 3 is 2.58 bits per heavy atom. The third-order valence-electron chi connectivity index (χ3n) is 2.42. The van der Waals surface area contributed by atoms with Gasteiger partial charge in [-0.05, 0) is 25.9 Å². The van der Waals surface area contributed by atoms with E-state index in [0.29, 0.717) is 0 Å². The van der Waals surface area contributed by atoms with Gasteiger partial charge in [-0.25, -0.2) is 0 Å². The van der Waals surface area contributed by atoms with Crippen LogP contribution in [0, 0.1) is 0 Å². The van der Waals surface area contributed by atoms with Crippen LogP contribution in [-0.4, -0.2) is 36.9 Å². The van der Waals surface area contributed by atoms with Crippen molar-refractivity contribution in [1.82, 2.24) is 5.32 Å². The van der Waals surface area contributed by atoms with Gasteiger partial charge in [-0.1, -0.05) is 0 Å². The van der Waals surface area contributed by atoms with Crippen molar-refractivity contribution in [2.24, 2.45) is 0 Å². The molecule has 0 aromatic rings. The zero-order chi connectivity index (χ0) is 9.03. The van der Waals surface area contributed by atoms with Gasteiger partial charge in [0.1, 0.15) is 0 Å². The summed E-state index contributed by atoms with van der Waals surface area (Å²) in [4.78, 5) is 10.5. The molecule has 1 aliphatic rings. The van der Waals surface area contributed by atoms with Crippen LogP contribution >= 0.6 is 0 Å². The summed E-state index contributed by atoms with van der Waals surface area (Å²) in [5.41, 5.74) is -0.420. The number of carboxylic acids is 1. The molecule has 1 rings (SSSR count). The lowest BCUT2D eigenvalue weighted by atomic mass is 9.89. The molecule has 1 aliphatic heterocycles. The quantitative estimate of drug-likeness (QED) is 0.641. The van der Waals surface area contributed by atoms with Crippen LogP contribution in [0.25, 0.3) is 0 Å². The minimum Gasteiger partial charge on any atom is -0.481 e. The molecule has 1 saturated heterocycles. The number of rotatable bonds is 3. The summed E-state index contributed by atoms with van der Waals surface area (Å²) in [7, 11) is 1.59. The minimum absolute atomic E-state index is 0.116. The standard InChI is InChI=1S/C8H15NO3/c1-12-8(6-7(10)11)2-4-9-5-3-8/h9H,2-6H2,1H3,(H,10,11). The van der Waals surface area contributed by atoms with E-state index in [1.54, 1.807) is 7.11 Å². The normalized spacial score (nSPS) is 22.1. The Bertz CT molecular complexity index is 164. The van der Waals surface area contributed by atoms with Crippen molar-refractivity contribution in [3.05, 3.63) is 0 Å². The summed E-state index contributed by atoms with van der Waals surface area (Å²) >= 11 is 0. The first kappa shape index (κ1) is 9.48. The number of carbonyl (C=O) groups is 1. The Morgan fingerprint density at radius 2 is 2.17 bits per heavy atom. The molecule has 0 spiro atoms. The average Bonchev–Trinajstić information content (AvgIpc) is 2.05. The monoisotopic (exact) mass is 173 g/mol. The van der Waals surface area contributed by atoms with Crippen LogP contribution in [0.5, 0.6) is 0 Å². The van der Waals surface area contributed by atoms with Gasteiger partial charge in [-0.15, -0.1) is 0 Å². The maximum Gasteiger partial charge on any atom is 0.306 e. The summed E-state index contributed by atoms with van der Waals surface area (Å²) in [6, 6.07) is 0. The van der Waals surface area contributed by atoms with Gasteiger partial charge >= 0.3 is 5.97 Å². The van der Waals surface area contributed by atoms with Crippen LogP contribution in [-0.2, 0) is 9.53 Å². The van der Waals surface area contributed by atoms with E-state index in [1.807, 2.05) is 0 Å². The summed E-state index contributed by atoms with van der Waals surface area (Å²) < 4.78 is 5.27. The minimum atomic E-state index is -0.779. The molecule has 2 N–H and O–H groups in total. The van der Waals surface area contributed by atoms with Crippen molar-refractivity contribution in [1.29, 1.82) is 0 Å². The highest BCUT2D eigenvalue weighted by molar-refractivity contribution is 5.68. The zero-order valence-corrected chi connectivity index (χ0v) is 7.30. The van der Waals surface area contributed by atoms with E-state index < -0.39 is 11.6 Å². The molecule has 0 bridgehead atoms. The SMILES string of the molecule is COC1(CC(=O)O)CCNCC1. The summed E-state index contributed by atoms with van der Waals surface area (Å²) in [5, 5.41) is 11.8. The van der Waals surface area contributed by atoms with E-state index in [-0.39, 0.29) is 6.42 Å². The van der Waals surface area contributed by atoms with Crippen LogP contribution < -0.4 is 5.32 Å². The van der Waals surface area contributed by atoms with Gasteiger partial charge in [-0.3, -0.25) is 4.79 Å². The van der Waals surface area contributed by atoms with E-state index in [4.69, 9.17) is 9.84 Å². The number of aliphatic carboxylic acids is 1. The molecule has 1 fully saturated rings. The van der Waals surface area contributed by atoms with Crippen molar-refractivity contribution < 1.29 is 14.6 Å². The van der Waals surface area contributed by atoms with Crippen LogP contribution in [0.2, 0.25) is 0 Å². The summed E-state index contributed by atoms with van der Waals surface area (Å²) in [6.07, 6.45) is 1.69. The zero-order valence-electron chi connectivity index (χ0n) is 7.30. The molecule has 0 aromatic carbocycles. The highest BCUT2D eigenvalue weighted by Gasteiger charge is 2.33. The van der Waals surface area contributed by atoms with Gasteiger partial charge in [0.2, 0.25) is 0 Å². The van der Waals surface area contributed by atoms with Gasteiger partial charge in [0.05, 0.1) is 12.0 Å². The van der Waals surface area contributed by atoms with Crippen molar-refractivity contribution in [2.75, 3.05) is 20.2 Å². The number of carboxylic acid groups (broad SMARTS) is 1. The number of nitrogens with one attached hydrogen (secondary N) is 1.